The Balaban J connectivity index is 1.32. The van der Waals surface area contributed by atoms with Crippen LogP contribution in [0.3, 0.4) is 0 Å². The fourth-order valence-electron chi connectivity index (χ4n) is 4.48. The molecular weight excluding hydrogens is 411 g/mol. The lowest BCUT2D eigenvalue weighted by atomic mass is 9.83. The van der Waals surface area contributed by atoms with E-state index < -0.39 is 0 Å². The molecule has 0 spiro atoms. The fraction of sp³-hybridized carbons (Fsp3) is 0.542. The van der Waals surface area contributed by atoms with Crippen LogP contribution in [0.2, 0.25) is 0 Å². The van der Waals surface area contributed by atoms with Crippen LogP contribution in [0.1, 0.15) is 46.5 Å². The van der Waals surface area contributed by atoms with Crippen LogP contribution in [0.4, 0.5) is 21.0 Å². The molecule has 32 heavy (non-hydrogen) atoms. The number of cyclic esters (lactones) is 1. The Kier molecular flexibility index (Phi) is 6.77. The van der Waals surface area contributed by atoms with Gasteiger partial charge in [-0.15, -0.1) is 0 Å². The van der Waals surface area contributed by atoms with Crippen molar-refractivity contribution in [3.05, 3.63) is 42.3 Å². The van der Waals surface area contributed by atoms with E-state index in [4.69, 9.17) is 9.47 Å². The lowest BCUT2D eigenvalue weighted by Crippen LogP contribution is -2.38. The molecule has 1 saturated heterocycles. The lowest BCUT2D eigenvalue weighted by molar-refractivity contribution is 0.126. The second kappa shape index (κ2) is 9.71. The SMILES string of the molecule is CC(C)[C@H]1COC(=O)N1c1ccnc(N[C@@H](C)[C@H]2CC[C@H](Oc3ccc(F)cc3)CC2)n1. The van der Waals surface area contributed by atoms with Crippen molar-refractivity contribution in [3.63, 3.8) is 0 Å². The molecule has 0 unspecified atom stereocenters. The van der Waals surface area contributed by atoms with Crippen LogP contribution in [0.5, 0.6) is 5.75 Å². The number of ether oxygens (including phenoxy) is 2. The number of hydrogen-bond donors (Lipinski definition) is 1. The Bertz CT molecular complexity index is 916. The average molecular weight is 443 g/mol. The van der Waals surface area contributed by atoms with Gasteiger partial charge in [0.05, 0.1) is 12.1 Å². The minimum atomic E-state index is -0.360. The molecule has 1 N–H and O–H groups in total. The number of carbonyl (C=O) groups is 1. The predicted molar refractivity (Wildman–Crippen MR) is 120 cm³/mol. The van der Waals surface area contributed by atoms with Crippen molar-refractivity contribution < 1.29 is 18.7 Å². The van der Waals surface area contributed by atoms with Gasteiger partial charge in [0.2, 0.25) is 5.95 Å². The van der Waals surface area contributed by atoms with Gasteiger partial charge < -0.3 is 14.8 Å². The van der Waals surface area contributed by atoms with E-state index in [1.165, 1.54) is 12.1 Å². The summed E-state index contributed by atoms with van der Waals surface area (Å²) in [6.07, 6.45) is 5.41. The fourth-order valence-corrected chi connectivity index (χ4v) is 4.48. The quantitative estimate of drug-likeness (QED) is 0.648. The number of nitrogens with zero attached hydrogens (tertiary/aromatic N) is 3. The van der Waals surface area contributed by atoms with Crippen molar-refractivity contribution in [2.45, 2.75) is 64.6 Å². The molecule has 2 atom stereocenters. The third-order valence-electron chi connectivity index (χ3n) is 6.46. The van der Waals surface area contributed by atoms with Gasteiger partial charge in [-0.2, -0.15) is 4.98 Å². The molecule has 8 heteroatoms. The van der Waals surface area contributed by atoms with Crippen LogP contribution in [-0.4, -0.2) is 40.9 Å². The summed E-state index contributed by atoms with van der Waals surface area (Å²) in [5.74, 6) is 2.27. The van der Waals surface area contributed by atoms with Crippen LogP contribution >= 0.6 is 0 Å². The van der Waals surface area contributed by atoms with Gasteiger partial charge in [-0.25, -0.2) is 14.2 Å². The van der Waals surface area contributed by atoms with Gasteiger partial charge in [0, 0.05) is 12.2 Å². The first-order valence-corrected chi connectivity index (χ1v) is 11.4. The van der Waals surface area contributed by atoms with E-state index in [-0.39, 0.29) is 36.0 Å². The first-order chi connectivity index (χ1) is 15.4. The number of amides is 1. The second-order valence-corrected chi connectivity index (χ2v) is 9.04. The van der Waals surface area contributed by atoms with E-state index in [1.807, 2.05) is 0 Å². The zero-order chi connectivity index (χ0) is 22.7. The molecule has 1 amide bonds. The van der Waals surface area contributed by atoms with Crippen molar-refractivity contribution in [2.24, 2.45) is 11.8 Å². The van der Waals surface area contributed by atoms with Crippen molar-refractivity contribution in [1.29, 1.82) is 0 Å². The molecule has 2 heterocycles. The maximum absolute atomic E-state index is 13.1. The zero-order valence-corrected chi connectivity index (χ0v) is 18.8. The maximum atomic E-state index is 13.1. The molecule has 1 aliphatic heterocycles. The number of hydrogen-bond acceptors (Lipinski definition) is 6. The van der Waals surface area contributed by atoms with Gasteiger partial charge in [-0.3, -0.25) is 4.90 Å². The van der Waals surface area contributed by atoms with Crippen LogP contribution in [-0.2, 0) is 4.74 Å². The van der Waals surface area contributed by atoms with E-state index in [2.05, 4.69) is 36.1 Å². The molecule has 2 aromatic rings. The highest BCUT2D eigenvalue weighted by molar-refractivity contribution is 5.89. The highest BCUT2D eigenvalue weighted by Crippen LogP contribution is 2.31. The van der Waals surface area contributed by atoms with E-state index in [0.29, 0.717) is 30.0 Å². The number of benzene rings is 1. The smallest absolute Gasteiger partial charge is 0.415 e. The number of nitrogens with one attached hydrogen (secondary N) is 1. The molecule has 1 aliphatic carbocycles. The number of rotatable bonds is 7. The summed E-state index contributed by atoms with van der Waals surface area (Å²) >= 11 is 0. The third-order valence-corrected chi connectivity index (χ3v) is 6.46. The van der Waals surface area contributed by atoms with Crippen molar-refractivity contribution >= 4 is 17.9 Å². The van der Waals surface area contributed by atoms with Gasteiger partial charge >= 0.3 is 6.09 Å². The maximum Gasteiger partial charge on any atom is 0.415 e. The molecule has 1 saturated carbocycles. The molecule has 4 rings (SSSR count). The highest BCUT2D eigenvalue weighted by Gasteiger charge is 2.37. The summed E-state index contributed by atoms with van der Waals surface area (Å²) in [7, 11) is 0. The van der Waals surface area contributed by atoms with E-state index in [0.717, 1.165) is 25.7 Å². The van der Waals surface area contributed by atoms with Crippen molar-refractivity contribution in [1.82, 2.24) is 9.97 Å². The lowest BCUT2D eigenvalue weighted by Gasteiger charge is -2.33. The summed E-state index contributed by atoms with van der Waals surface area (Å²) in [5.41, 5.74) is 0. The van der Waals surface area contributed by atoms with Crippen LogP contribution in [0.15, 0.2) is 36.5 Å². The molecular formula is C24H31FN4O3. The van der Waals surface area contributed by atoms with Crippen molar-refractivity contribution in [3.8, 4) is 5.75 Å². The van der Waals surface area contributed by atoms with Crippen LogP contribution in [0.25, 0.3) is 0 Å². The van der Waals surface area contributed by atoms with E-state index in [1.54, 1.807) is 29.3 Å². The van der Waals surface area contributed by atoms with Gasteiger partial charge in [0.15, 0.2) is 0 Å². The summed E-state index contributed by atoms with van der Waals surface area (Å²) in [5, 5.41) is 3.42. The minimum Gasteiger partial charge on any atom is -0.490 e. The number of carbonyl (C=O) groups excluding carboxylic acids is 1. The predicted octanol–water partition coefficient (Wildman–Crippen LogP) is 5.04. The number of anilines is 2. The number of aromatic nitrogens is 2. The van der Waals surface area contributed by atoms with Gasteiger partial charge in [-0.05, 0) is 74.8 Å². The first-order valence-electron chi connectivity index (χ1n) is 11.4. The van der Waals surface area contributed by atoms with E-state index >= 15 is 0 Å². The standard InChI is InChI=1S/C24H31FN4O3/c1-15(2)21-14-31-24(30)29(21)22-12-13-26-23(28-22)27-16(3)17-4-8-19(9-5-17)32-20-10-6-18(25)7-11-20/h6-7,10-13,15-17,19,21H,4-5,8-9,14H2,1-3H3,(H,26,27,28)/t16-,17-,19-,21+/m0/s1. The highest BCUT2D eigenvalue weighted by atomic mass is 19.1. The number of halogens is 1. The average Bonchev–Trinajstić information content (AvgIpc) is 3.18. The Morgan fingerprint density at radius 1 is 1.12 bits per heavy atom. The van der Waals surface area contributed by atoms with Gasteiger partial charge in [0.1, 0.15) is 24.0 Å². The van der Waals surface area contributed by atoms with E-state index in [9.17, 15) is 9.18 Å². The molecule has 0 bridgehead atoms. The summed E-state index contributed by atoms with van der Waals surface area (Å²) in [4.78, 5) is 22.8. The Morgan fingerprint density at radius 2 is 1.84 bits per heavy atom. The zero-order valence-electron chi connectivity index (χ0n) is 18.8. The first kappa shape index (κ1) is 22.3. The normalized spacial score (nSPS) is 24.3. The molecule has 1 aromatic heterocycles. The summed E-state index contributed by atoms with van der Waals surface area (Å²) < 4.78 is 24.3. The minimum absolute atomic E-state index is 0.0286. The topological polar surface area (TPSA) is 76.6 Å². The summed E-state index contributed by atoms with van der Waals surface area (Å²) in [6, 6.07) is 8.10. The molecule has 172 valence electrons. The third kappa shape index (κ3) is 5.11. The Morgan fingerprint density at radius 3 is 2.53 bits per heavy atom. The summed E-state index contributed by atoms with van der Waals surface area (Å²) in [6.45, 7) is 6.65. The Hall–Kier alpha value is -2.90. The molecule has 0 radical (unpaired) electrons. The molecule has 7 nitrogen and oxygen atoms in total. The van der Waals surface area contributed by atoms with Crippen LogP contribution in [0, 0.1) is 17.7 Å². The Labute approximate surface area is 188 Å². The van der Waals surface area contributed by atoms with Crippen LogP contribution < -0.4 is 15.0 Å². The van der Waals surface area contributed by atoms with Gasteiger partial charge in [-0.1, -0.05) is 13.8 Å². The van der Waals surface area contributed by atoms with Gasteiger partial charge in [0.25, 0.3) is 0 Å². The monoisotopic (exact) mass is 442 g/mol. The molecule has 2 fully saturated rings. The largest absolute Gasteiger partial charge is 0.490 e. The van der Waals surface area contributed by atoms with Crippen molar-refractivity contribution in [2.75, 3.05) is 16.8 Å². The molecule has 1 aromatic carbocycles. The molecule has 2 aliphatic rings. The second-order valence-electron chi connectivity index (χ2n) is 9.04.